The maximum Gasteiger partial charge on any atom is 0.573 e. The molecule has 12 heteroatoms. The van der Waals surface area contributed by atoms with E-state index < -0.39 is 24.2 Å². The van der Waals surface area contributed by atoms with Gasteiger partial charge in [0.05, 0.1) is 25.8 Å². The molecule has 8 nitrogen and oxygen atoms in total. The Kier molecular flexibility index (Phi) is 8.78. The summed E-state index contributed by atoms with van der Waals surface area (Å²) in [6.07, 6.45) is -5.03. The molecule has 4 rings (SSSR count). The lowest BCUT2D eigenvalue weighted by molar-refractivity contribution is -0.274. The number of methoxy groups -OCH3 is 1. The predicted octanol–water partition coefficient (Wildman–Crippen LogP) is 5.52. The molecule has 3 aromatic carbocycles. The summed E-state index contributed by atoms with van der Waals surface area (Å²) < 4.78 is 52.2. The molecule has 1 fully saturated rings. The molecular weight excluding hydrogens is 547 g/mol. The Morgan fingerprint density at radius 1 is 0.950 bits per heavy atom. The third kappa shape index (κ3) is 7.00. The van der Waals surface area contributed by atoms with E-state index in [4.69, 9.17) is 21.7 Å². The SMILES string of the molecule is CCOc1ccc(NC(=O)C[C@@H]2C(=O)N(c3ccc(OC)cc3)C(=S)N2Cc2ccc(OC(F)(F)F)cc2)cc1. The van der Waals surface area contributed by atoms with Crippen molar-refractivity contribution in [3.8, 4) is 17.2 Å². The van der Waals surface area contributed by atoms with Crippen molar-refractivity contribution in [2.45, 2.75) is 32.3 Å². The number of hydrogen-bond donors (Lipinski definition) is 1. The first-order valence-corrected chi connectivity index (χ1v) is 12.6. The van der Waals surface area contributed by atoms with Gasteiger partial charge in [-0.3, -0.25) is 14.5 Å². The Morgan fingerprint density at radius 2 is 1.55 bits per heavy atom. The van der Waals surface area contributed by atoms with E-state index in [9.17, 15) is 22.8 Å². The van der Waals surface area contributed by atoms with Crippen molar-refractivity contribution in [3.63, 3.8) is 0 Å². The number of carbonyl (C=O) groups excluding carboxylic acids is 2. The van der Waals surface area contributed by atoms with E-state index in [0.717, 1.165) is 0 Å². The monoisotopic (exact) mass is 573 g/mol. The Bertz CT molecular complexity index is 1350. The minimum absolute atomic E-state index is 0.0739. The van der Waals surface area contributed by atoms with Crippen LogP contribution in [0.3, 0.4) is 0 Å². The van der Waals surface area contributed by atoms with Gasteiger partial charge in [-0.1, -0.05) is 12.1 Å². The third-order valence-corrected chi connectivity index (χ3v) is 6.40. The molecule has 0 bridgehead atoms. The number of hydrogen-bond acceptors (Lipinski definition) is 6. The summed E-state index contributed by atoms with van der Waals surface area (Å²) >= 11 is 5.66. The number of alkyl halides is 3. The smallest absolute Gasteiger partial charge is 0.497 e. The highest BCUT2D eigenvalue weighted by atomic mass is 32.1. The minimum Gasteiger partial charge on any atom is -0.497 e. The van der Waals surface area contributed by atoms with Crippen LogP contribution in [0.2, 0.25) is 0 Å². The van der Waals surface area contributed by atoms with Gasteiger partial charge in [0.2, 0.25) is 5.91 Å². The molecule has 0 saturated carbocycles. The highest BCUT2D eigenvalue weighted by Gasteiger charge is 2.44. The van der Waals surface area contributed by atoms with Crippen molar-refractivity contribution in [2.24, 2.45) is 0 Å². The molecule has 0 unspecified atom stereocenters. The van der Waals surface area contributed by atoms with E-state index in [1.165, 1.54) is 36.3 Å². The van der Waals surface area contributed by atoms with Crippen molar-refractivity contribution in [1.29, 1.82) is 0 Å². The molecule has 1 heterocycles. The fourth-order valence-corrected chi connectivity index (χ4v) is 4.55. The predicted molar refractivity (Wildman–Crippen MR) is 146 cm³/mol. The van der Waals surface area contributed by atoms with Gasteiger partial charge in [0.15, 0.2) is 5.11 Å². The summed E-state index contributed by atoms with van der Waals surface area (Å²) in [5, 5.41) is 2.94. The summed E-state index contributed by atoms with van der Waals surface area (Å²) in [4.78, 5) is 29.5. The number of nitrogens with zero attached hydrogens (tertiary/aromatic N) is 2. The van der Waals surface area contributed by atoms with Gasteiger partial charge < -0.3 is 24.4 Å². The summed E-state index contributed by atoms with van der Waals surface area (Å²) in [5.74, 6) is 0.0488. The van der Waals surface area contributed by atoms with Crippen LogP contribution in [0.4, 0.5) is 24.5 Å². The van der Waals surface area contributed by atoms with Gasteiger partial charge in [-0.25, -0.2) is 0 Å². The molecule has 210 valence electrons. The van der Waals surface area contributed by atoms with E-state index in [0.29, 0.717) is 35.0 Å². The van der Waals surface area contributed by atoms with Crippen LogP contribution in [0.25, 0.3) is 0 Å². The van der Waals surface area contributed by atoms with Crippen LogP contribution in [0.15, 0.2) is 72.8 Å². The van der Waals surface area contributed by atoms with Crippen molar-refractivity contribution < 1.29 is 37.0 Å². The van der Waals surface area contributed by atoms with Crippen LogP contribution < -0.4 is 24.4 Å². The number of thiocarbonyl (C=S) groups is 1. The lowest BCUT2D eigenvalue weighted by atomic mass is 10.1. The van der Waals surface area contributed by atoms with Gasteiger partial charge in [-0.05, 0) is 85.4 Å². The largest absolute Gasteiger partial charge is 0.573 e. The van der Waals surface area contributed by atoms with Crippen molar-refractivity contribution in [1.82, 2.24) is 4.90 Å². The molecule has 1 aliphatic heterocycles. The van der Waals surface area contributed by atoms with Crippen LogP contribution in [0, 0.1) is 0 Å². The molecule has 3 aromatic rings. The maximum absolute atomic E-state index is 13.6. The van der Waals surface area contributed by atoms with Crippen molar-refractivity contribution in [3.05, 3.63) is 78.4 Å². The first-order valence-electron chi connectivity index (χ1n) is 12.2. The summed E-state index contributed by atoms with van der Waals surface area (Å²) in [7, 11) is 1.52. The second-order valence-electron chi connectivity index (χ2n) is 8.70. The molecule has 1 aliphatic rings. The van der Waals surface area contributed by atoms with Crippen molar-refractivity contribution in [2.75, 3.05) is 23.9 Å². The number of amides is 2. The first kappa shape index (κ1) is 28.7. The summed E-state index contributed by atoms with van der Waals surface area (Å²) in [6, 6.07) is 17.8. The Morgan fingerprint density at radius 3 is 2.12 bits per heavy atom. The fourth-order valence-electron chi connectivity index (χ4n) is 4.16. The van der Waals surface area contributed by atoms with Gasteiger partial charge in [0.25, 0.3) is 5.91 Å². The third-order valence-electron chi connectivity index (χ3n) is 5.99. The number of ether oxygens (including phenoxy) is 3. The second-order valence-corrected chi connectivity index (χ2v) is 9.06. The Labute approximate surface area is 234 Å². The molecular formula is C28H26F3N3O5S. The standard InChI is InChI=1S/C28H26F3N3O5S/c1-3-38-22-12-6-19(7-13-22)32-25(35)16-24-26(36)34(20-8-14-21(37-2)15-9-20)27(40)33(24)17-18-4-10-23(11-5-18)39-28(29,30)31/h4-15,24H,3,16-17H2,1-2H3,(H,32,35)/t24-/m1/s1. The fraction of sp³-hybridized carbons (Fsp3) is 0.250. The molecule has 0 spiro atoms. The topological polar surface area (TPSA) is 80.3 Å². The number of carbonyl (C=O) groups is 2. The zero-order valence-corrected chi connectivity index (χ0v) is 22.4. The van der Waals surface area contributed by atoms with Gasteiger partial charge in [0.1, 0.15) is 23.3 Å². The molecule has 0 aromatic heterocycles. The van der Waals surface area contributed by atoms with E-state index in [-0.39, 0.29) is 23.8 Å². The molecule has 2 amide bonds. The van der Waals surface area contributed by atoms with Gasteiger partial charge in [-0.15, -0.1) is 13.2 Å². The van der Waals surface area contributed by atoms with Crippen LogP contribution in [-0.4, -0.2) is 47.9 Å². The van der Waals surface area contributed by atoms with Crippen LogP contribution in [0.1, 0.15) is 18.9 Å². The van der Waals surface area contributed by atoms with E-state index in [1.807, 2.05) is 6.92 Å². The highest BCUT2D eigenvalue weighted by molar-refractivity contribution is 7.80. The molecule has 0 radical (unpaired) electrons. The zero-order chi connectivity index (χ0) is 28.9. The number of rotatable bonds is 10. The van der Waals surface area contributed by atoms with Gasteiger partial charge in [0, 0.05) is 12.2 Å². The van der Waals surface area contributed by atoms with Crippen molar-refractivity contribution >= 4 is 40.5 Å². The van der Waals surface area contributed by atoms with Gasteiger partial charge >= 0.3 is 6.36 Å². The maximum atomic E-state index is 13.6. The van der Waals surface area contributed by atoms with Crippen LogP contribution in [0.5, 0.6) is 17.2 Å². The summed E-state index contributed by atoms with van der Waals surface area (Å²) in [5.41, 5.74) is 1.59. The minimum atomic E-state index is -4.81. The zero-order valence-electron chi connectivity index (χ0n) is 21.6. The molecule has 0 aliphatic carbocycles. The lowest BCUT2D eigenvalue weighted by Gasteiger charge is -2.24. The summed E-state index contributed by atoms with van der Waals surface area (Å²) in [6.45, 7) is 2.45. The van der Waals surface area contributed by atoms with E-state index in [2.05, 4.69) is 10.1 Å². The number of halogens is 3. The Hall–Kier alpha value is -4.32. The lowest BCUT2D eigenvalue weighted by Crippen LogP contribution is -2.37. The van der Waals surface area contributed by atoms with Gasteiger partial charge in [-0.2, -0.15) is 0 Å². The number of nitrogens with one attached hydrogen (secondary N) is 1. The number of benzene rings is 3. The molecule has 1 saturated heterocycles. The normalized spacial score (nSPS) is 15.3. The van der Waals surface area contributed by atoms with Crippen LogP contribution >= 0.6 is 12.2 Å². The quantitative estimate of drug-likeness (QED) is 0.320. The first-order chi connectivity index (χ1) is 19.1. The van der Waals surface area contributed by atoms with Crippen LogP contribution in [-0.2, 0) is 16.1 Å². The molecule has 40 heavy (non-hydrogen) atoms. The second kappa shape index (κ2) is 12.2. The molecule has 1 atom stereocenters. The average Bonchev–Trinajstić information content (AvgIpc) is 3.14. The van der Waals surface area contributed by atoms with E-state index in [1.54, 1.807) is 53.4 Å². The highest BCUT2D eigenvalue weighted by Crippen LogP contribution is 2.31. The Balaban J connectivity index is 1.55. The average molecular weight is 574 g/mol. The number of anilines is 2. The van der Waals surface area contributed by atoms with E-state index >= 15 is 0 Å². The molecule has 1 N–H and O–H groups in total.